The molecule has 4 N–H and O–H groups in total. The van der Waals surface area contributed by atoms with Crippen molar-refractivity contribution in [3.63, 3.8) is 0 Å². The van der Waals surface area contributed by atoms with E-state index in [1.54, 1.807) is 32.2 Å². The van der Waals surface area contributed by atoms with Crippen LogP contribution in [-0.2, 0) is 23.8 Å². The van der Waals surface area contributed by atoms with Gasteiger partial charge in [-0.3, -0.25) is 24.5 Å². The molecule has 0 fully saturated rings. The van der Waals surface area contributed by atoms with Crippen LogP contribution in [0.25, 0.3) is 0 Å². The highest BCUT2D eigenvalue weighted by Gasteiger charge is 2.23. The molecule has 0 radical (unpaired) electrons. The Labute approximate surface area is 200 Å². The zero-order valence-corrected chi connectivity index (χ0v) is 19.9. The Morgan fingerprint density at radius 3 is 2.32 bits per heavy atom. The Kier molecular flexibility index (Phi) is 15.1. The highest BCUT2D eigenvalue weighted by molar-refractivity contribution is 6.06. The number of hydrogen-bond acceptors (Lipinski definition) is 9. The van der Waals surface area contributed by atoms with Crippen LogP contribution in [0.15, 0.2) is 18.2 Å². The Morgan fingerprint density at radius 2 is 1.71 bits per heavy atom. The standard InChI is InChI=1S/C23H36N4O7/c1-18(6-7-21(30)26-17-29)27(2)23(31)22-19(16-28)4-3-5-20(22)25-9-11-33-13-15-34-14-12-32-10-8-24/h3-5,16-18,25H,6-15,24H2,1-2H3,(H,26,29,30). The van der Waals surface area contributed by atoms with Crippen molar-refractivity contribution in [1.82, 2.24) is 10.2 Å². The number of carbonyl (C=O) groups is 4. The minimum atomic E-state index is -0.413. The van der Waals surface area contributed by atoms with E-state index >= 15 is 0 Å². The van der Waals surface area contributed by atoms with Crippen LogP contribution in [0.4, 0.5) is 5.69 Å². The molecule has 0 aliphatic heterocycles. The SMILES string of the molecule is CC(CCC(=O)NC=O)N(C)C(=O)c1c(C=O)cccc1NCCOCCOCCOCCN. The number of benzene rings is 1. The highest BCUT2D eigenvalue weighted by Crippen LogP contribution is 2.22. The molecule has 0 heterocycles. The molecular weight excluding hydrogens is 444 g/mol. The molecule has 1 atom stereocenters. The van der Waals surface area contributed by atoms with Gasteiger partial charge in [0.15, 0.2) is 6.29 Å². The third-order valence-electron chi connectivity index (χ3n) is 5.00. The lowest BCUT2D eigenvalue weighted by Crippen LogP contribution is -2.37. The number of imide groups is 1. The van der Waals surface area contributed by atoms with Gasteiger partial charge < -0.3 is 30.2 Å². The van der Waals surface area contributed by atoms with Gasteiger partial charge in [0.05, 0.1) is 45.2 Å². The summed E-state index contributed by atoms with van der Waals surface area (Å²) in [7, 11) is 1.61. The van der Waals surface area contributed by atoms with Crippen LogP contribution in [0.5, 0.6) is 0 Å². The summed E-state index contributed by atoms with van der Waals surface area (Å²) in [4.78, 5) is 48.1. The van der Waals surface area contributed by atoms with Gasteiger partial charge >= 0.3 is 0 Å². The Balaban J connectivity index is 2.56. The Bertz CT molecular complexity index is 776. The summed E-state index contributed by atoms with van der Waals surface area (Å²) < 4.78 is 16.1. The van der Waals surface area contributed by atoms with Gasteiger partial charge in [-0.15, -0.1) is 0 Å². The lowest BCUT2D eigenvalue weighted by atomic mass is 10.0. The average Bonchev–Trinajstić information content (AvgIpc) is 2.84. The number of nitrogens with zero attached hydrogens (tertiary/aromatic N) is 1. The first-order valence-electron chi connectivity index (χ1n) is 11.2. The van der Waals surface area contributed by atoms with Gasteiger partial charge in [-0.2, -0.15) is 0 Å². The quantitative estimate of drug-likeness (QED) is 0.189. The van der Waals surface area contributed by atoms with Gasteiger partial charge in [0.2, 0.25) is 12.3 Å². The third kappa shape index (κ3) is 10.8. The van der Waals surface area contributed by atoms with Gasteiger partial charge in [-0.05, 0) is 19.4 Å². The largest absolute Gasteiger partial charge is 0.382 e. The van der Waals surface area contributed by atoms with Crippen molar-refractivity contribution < 1.29 is 33.4 Å². The van der Waals surface area contributed by atoms with Crippen LogP contribution in [-0.4, -0.2) is 95.2 Å². The van der Waals surface area contributed by atoms with E-state index in [0.717, 1.165) is 0 Å². The molecule has 0 bridgehead atoms. The number of rotatable bonds is 19. The highest BCUT2D eigenvalue weighted by atomic mass is 16.5. The minimum absolute atomic E-state index is 0.0970. The normalized spacial score (nSPS) is 11.5. The maximum absolute atomic E-state index is 13.2. The molecule has 0 saturated heterocycles. The maximum atomic E-state index is 13.2. The molecule has 0 spiro atoms. The number of nitrogens with one attached hydrogen (secondary N) is 2. The van der Waals surface area contributed by atoms with Crippen LogP contribution in [0.1, 0.15) is 40.5 Å². The van der Waals surface area contributed by atoms with E-state index in [1.807, 2.05) is 0 Å². The number of aldehydes is 1. The fourth-order valence-electron chi connectivity index (χ4n) is 2.99. The zero-order chi connectivity index (χ0) is 25.2. The van der Waals surface area contributed by atoms with Crippen molar-refractivity contribution >= 4 is 30.2 Å². The van der Waals surface area contributed by atoms with Crippen molar-refractivity contribution in [1.29, 1.82) is 0 Å². The molecule has 3 amide bonds. The molecule has 1 rings (SSSR count). The van der Waals surface area contributed by atoms with Crippen LogP contribution in [0.3, 0.4) is 0 Å². The molecule has 1 aromatic carbocycles. The van der Waals surface area contributed by atoms with E-state index in [1.165, 1.54) is 4.90 Å². The van der Waals surface area contributed by atoms with Crippen molar-refractivity contribution in [3.8, 4) is 0 Å². The smallest absolute Gasteiger partial charge is 0.256 e. The second kappa shape index (κ2) is 17.6. The van der Waals surface area contributed by atoms with E-state index < -0.39 is 5.91 Å². The van der Waals surface area contributed by atoms with Crippen LogP contribution in [0, 0.1) is 0 Å². The lowest BCUT2D eigenvalue weighted by molar-refractivity contribution is -0.125. The van der Waals surface area contributed by atoms with E-state index in [2.05, 4.69) is 10.6 Å². The van der Waals surface area contributed by atoms with E-state index in [0.29, 0.717) is 77.5 Å². The average molecular weight is 481 g/mol. The molecule has 11 nitrogen and oxygen atoms in total. The number of nitrogens with two attached hydrogens (primary N) is 1. The predicted molar refractivity (Wildman–Crippen MR) is 127 cm³/mol. The molecular formula is C23H36N4O7. The Morgan fingerprint density at radius 1 is 1.06 bits per heavy atom. The summed E-state index contributed by atoms with van der Waals surface area (Å²) in [6.45, 7) is 5.39. The van der Waals surface area contributed by atoms with Gasteiger partial charge in [-0.1, -0.05) is 12.1 Å². The number of anilines is 1. The summed E-state index contributed by atoms with van der Waals surface area (Å²) in [6.07, 6.45) is 1.43. The molecule has 190 valence electrons. The third-order valence-corrected chi connectivity index (χ3v) is 5.00. The van der Waals surface area contributed by atoms with Gasteiger partial charge in [-0.25, -0.2) is 0 Å². The number of carbonyl (C=O) groups excluding carboxylic acids is 4. The fourth-order valence-corrected chi connectivity index (χ4v) is 2.99. The van der Waals surface area contributed by atoms with E-state index in [-0.39, 0.29) is 29.5 Å². The number of hydrogen-bond donors (Lipinski definition) is 3. The van der Waals surface area contributed by atoms with Crippen LogP contribution < -0.4 is 16.4 Å². The predicted octanol–water partition coefficient (Wildman–Crippen LogP) is 0.433. The van der Waals surface area contributed by atoms with Gasteiger partial charge in [0.25, 0.3) is 5.91 Å². The molecule has 1 unspecified atom stereocenters. The molecule has 0 aliphatic carbocycles. The molecule has 1 aromatic rings. The van der Waals surface area contributed by atoms with E-state index in [4.69, 9.17) is 19.9 Å². The van der Waals surface area contributed by atoms with Crippen molar-refractivity contribution in [2.75, 3.05) is 65.1 Å². The van der Waals surface area contributed by atoms with Gasteiger partial charge in [0.1, 0.15) is 0 Å². The van der Waals surface area contributed by atoms with Gasteiger partial charge in [0, 0.05) is 43.9 Å². The molecule has 0 aliphatic rings. The maximum Gasteiger partial charge on any atom is 0.256 e. The van der Waals surface area contributed by atoms with E-state index in [9.17, 15) is 19.2 Å². The summed E-state index contributed by atoms with van der Waals surface area (Å²) >= 11 is 0. The minimum Gasteiger partial charge on any atom is -0.382 e. The first kappa shape index (κ1) is 29.2. The zero-order valence-electron chi connectivity index (χ0n) is 19.9. The fraction of sp³-hybridized carbons (Fsp3) is 0.565. The molecule has 0 saturated carbocycles. The monoisotopic (exact) mass is 480 g/mol. The summed E-state index contributed by atoms with van der Waals surface area (Å²) in [5.74, 6) is -0.761. The summed E-state index contributed by atoms with van der Waals surface area (Å²) in [5, 5.41) is 5.22. The topological polar surface area (TPSA) is 149 Å². The second-order valence-corrected chi connectivity index (χ2v) is 7.43. The first-order valence-corrected chi connectivity index (χ1v) is 11.2. The summed E-state index contributed by atoms with van der Waals surface area (Å²) in [6, 6.07) is 4.70. The second-order valence-electron chi connectivity index (χ2n) is 7.43. The molecule has 0 aromatic heterocycles. The molecule has 34 heavy (non-hydrogen) atoms. The number of ether oxygens (including phenoxy) is 3. The van der Waals surface area contributed by atoms with Crippen LogP contribution >= 0.6 is 0 Å². The van der Waals surface area contributed by atoms with Crippen molar-refractivity contribution in [2.45, 2.75) is 25.8 Å². The Hall–Kier alpha value is -2.86. The van der Waals surface area contributed by atoms with Crippen molar-refractivity contribution in [2.24, 2.45) is 5.73 Å². The van der Waals surface area contributed by atoms with Crippen molar-refractivity contribution in [3.05, 3.63) is 29.3 Å². The number of amides is 3. The lowest BCUT2D eigenvalue weighted by Gasteiger charge is -2.26. The van der Waals surface area contributed by atoms with Crippen LogP contribution in [0.2, 0.25) is 0 Å². The summed E-state index contributed by atoms with van der Waals surface area (Å²) in [5.41, 5.74) is 6.36. The first-order chi connectivity index (χ1) is 16.5. The molecule has 11 heteroatoms.